The van der Waals surface area contributed by atoms with Gasteiger partial charge in [-0.05, 0) is 271 Å². The van der Waals surface area contributed by atoms with E-state index in [9.17, 15) is 0 Å². The van der Waals surface area contributed by atoms with Gasteiger partial charge >= 0.3 is 0 Å². The summed E-state index contributed by atoms with van der Waals surface area (Å²) in [7, 11) is 11.8. The van der Waals surface area contributed by atoms with E-state index in [1.54, 1.807) is 49.8 Å². The molecule has 12 aromatic carbocycles. The van der Waals surface area contributed by atoms with E-state index >= 15 is 0 Å². The molecule has 12 rings (SSSR count). The summed E-state index contributed by atoms with van der Waals surface area (Å²) in [5.74, 6) is 5.36. The third-order valence-electron chi connectivity index (χ3n) is 16.3. The molecule has 0 spiro atoms. The first kappa shape index (κ1) is 59.8. The molecule has 452 valence electrons. The van der Waals surface area contributed by atoms with Gasteiger partial charge in [-0.3, -0.25) is 0 Å². The zero-order chi connectivity index (χ0) is 62.8. The lowest BCUT2D eigenvalue weighted by Gasteiger charge is -2.29. The number of hydrogen-bond donors (Lipinski definition) is 0. The van der Waals surface area contributed by atoms with Crippen LogP contribution in [0.3, 0.4) is 0 Å². The lowest BCUT2D eigenvalue weighted by atomic mass is 9.88. The van der Waals surface area contributed by atoms with Crippen LogP contribution in [-0.4, -0.2) is 49.8 Å². The summed E-state index contributed by atoms with van der Waals surface area (Å²) >= 11 is 0. The van der Waals surface area contributed by atoms with Gasteiger partial charge in [0.1, 0.15) is 40.2 Å². The van der Waals surface area contributed by atoms with Gasteiger partial charge in [0.05, 0.1) is 49.8 Å². The van der Waals surface area contributed by atoms with Gasteiger partial charge < -0.3 is 52.8 Å². The van der Waals surface area contributed by atoms with Crippen molar-refractivity contribution >= 4 is 68.2 Å². The van der Waals surface area contributed by atoms with Crippen LogP contribution in [0.1, 0.15) is 5.56 Å². The van der Waals surface area contributed by atoms with Crippen molar-refractivity contribution in [2.24, 2.45) is 0 Å². The predicted molar refractivity (Wildman–Crippen MR) is 372 cm³/mol. The maximum Gasteiger partial charge on any atom is 0.119 e. The van der Waals surface area contributed by atoms with Crippen LogP contribution in [0, 0.1) is 6.92 Å². The molecule has 91 heavy (non-hydrogen) atoms. The Kier molecular flexibility index (Phi) is 17.9. The second-order valence-corrected chi connectivity index (χ2v) is 21.6. The van der Waals surface area contributed by atoms with Crippen molar-refractivity contribution < 1.29 is 33.2 Å². The van der Waals surface area contributed by atoms with E-state index in [0.717, 1.165) is 142 Å². The normalized spacial score (nSPS) is 10.9. The van der Waals surface area contributed by atoms with Crippen LogP contribution >= 0.6 is 0 Å². The van der Waals surface area contributed by atoms with E-state index in [1.165, 1.54) is 5.56 Å². The van der Waals surface area contributed by atoms with Gasteiger partial charge in [-0.25, -0.2) is 0 Å². The minimum absolute atomic E-state index is 0.757. The van der Waals surface area contributed by atoms with Crippen molar-refractivity contribution in [1.82, 2.24) is 0 Å². The van der Waals surface area contributed by atoms with Crippen LogP contribution in [0.4, 0.5) is 68.2 Å². The first-order valence-electron chi connectivity index (χ1n) is 29.9. The predicted octanol–water partition coefficient (Wildman–Crippen LogP) is 20.9. The van der Waals surface area contributed by atoms with Crippen molar-refractivity contribution in [2.45, 2.75) is 6.92 Å². The lowest BCUT2D eigenvalue weighted by molar-refractivity contribution is 0.414. The van der Waals surface area contributed by atoms with Crippen molar-refractivity contribution in [2.75, 3.05) is 69.4 Å². The highest BCUT2D eigenvalue weighted by Crippen LogP contribution is 2.49. The maximum absolute atomic E-state index is 5.70. The van der Waals surface area contributed by atoms with Crippen molar-refractivity contribution in [3.63, 3.8) is 0 Å². The lowest BCUT2D eigenvalue weighted by Crippen LogP contribution is -2.11. The molecule has 0 N–H and O–H groups in total. The smallest absolute Gasteiger partial charge is 0.119 e. The van der Waals surface area contributed by atoms with E-state index in [4.69, 9.17) is 33.2 Å². The Bertz CT molecular complexity index is 4210. The molecular weight excluding hydrogens is 1130 g/mol. The highest BCUT2D eigenvalue weighted by atomic mass is 16.5. The van der Waals surface area contributed by atoms with Gasteiger partial charge in [0.25, 0.3) is 0 Å². The minimum atomic E-state index is 0.757. The van der Waals surface area contributed by atoms with E-state index in [-0.39, 0.29) is 0 Å². The molecule has 0 atom stereocenters. The van der Waals surface area contributed by atoms with E-state index < -0.39 is 0 Å². The number of nitrogens with zero attached hydrogens (tertiary/aromatic N) is 4. The van der Waals surface area contributed by atoms with Crippen LogP contribution in [0.15, 0.2) is 279 Å². The number of rotatable bonds is 22. The Hall–Kier alpha value is -11.6. The van der Waals surface area contributed by atoms with Crippen molar-refractivity contribution in [3.8, 4) is 73.6 Å². The summed E-state index contributed by atoms with van der Waals surface area (Å²) in [5, 5.41) is 0. The molecule has 0 fully saturated rings. The highest BCUT2D eigenvalue weighted by Gasteiger charge is 2.24. The van der Waals surface area contributed by atoms with Gasteiger partial charge in [0, 0.05) is 68.2 Å². The minimum Gasteiger partial charge on any atom is -0.497 e. The topological polar surface area (TPSA) is 77.6 Å². The molecule has 0 unspecified atom stereocenters. The molecule has 11 heteroatoms. The van der Waals surface area contributed by atoms with Gasteiger partial charge in [0.15, 0.2) is 0 Å². The van der Waals surface area contributed by atoms with Gasteiger partial charge in [-0.15, -0.1) is 0 Å². The molecule has 0 radical (unpaired) electrons. The van der Waals surface area contributed by atoms with Gasteiger partial charge in [0.2, 0.25) is 0 Å². The quantitative estimate of drug-likeness (QED) is 0.0651. The Labute approximate surface area is 533 Å². The number of benzene rings is 12. The molecule has 0 aliphatic carbocycles. The average Bonchev–Trinajstić information content (AvgIpc) is 1.62. The molecule has 0 bridgehead atoms. The number of aryl methyl sites for hydroxylation is 1. The molecule has 0 aliphatic heterocycles. The monoisotopic (exact) mass is 1200 g/mol. The molecule has 0 heterocycles. The Morgan fingerprint density at radius 1 is 0.176 bits per heavy atom. The third-order valence-corrected chi connectivity index (χ3v) is 16.3. The fourth-order valence-electron chi connectivity index (χ4n) is 11.5. The second-order valence-electron chi connectivity index (χ2n) is 21.6. The average molecular weight is 1200 g/mol. The number of methoxy groups -OCH3 is 7. The SMILES string of the molecule is COc1ccc(N(c2ccc(C)cc2)c2ccc(-c3ccc(N(c4ccc(OC)cc4)c4ccc(OC)cc4)cc3-c3cc(N(c4ccc(OC)cc4)c4ccc(OC)cc4)ccc3-c3ccc(N(c4ccc(OC)cc4)c4ccc(OC)cc4)cc3)cc2)cc1. The van der Waals surface area contributed by atoms with Crippen LogP contribution in [-0.2, 0) is 0 Å². The van der Waals surface area contributed by atoms with Gasteiger partial charge in [-0.1, -0.05) is 54.1 Å². The van der Waals surface area contributed by atoms with Crippen LogP contribution in [0.2, 0.25) is 0 Å². The fraction of sp³-hybridized carbons (Fsp3) is 0.100. The zero-order valence-electron chi connectivity index (χ0n) is 52.2. The van der Waals surface area contributed by atoms with E-state index in [0.29, 0.717) is 0 Å². The van der Waals surface area contributed by atoms with E-state index in [1.807, 2.05) is 84.9 Å². The molecule has 11 nitrogen and oxygen atoms in total. The summed E-state index contributed by atoms with van der Waals surface area (Å²) < 4.78 is 39.6. The first-order chi connectivity index (χ1) is 44.6. The molecule has 0 aromatic heterocycles. The largest absolute Gasteiger partial charge is 0.497 e. The Morgan fingerprint density at radius 2 is 0.341 bits per heavy atom. The maximum atomic E-state index is 5.70. The summed E-state index contributed by atoms with van der Waals surface area (Å²) in [6, 6.07) is 97.1. The van der Waals surface area contributed by atoms with Crippen LogP contribution in [0.25, 0.3) is 33.4 Å². The highest BCUT2D eigenvalue weighted by molar-refractivity contribution is 5.98. The number of anilines is 12. The van der Waals surface area contributed by atoms with E-state index in [2.05, 4.69) is 221 Å². The summed E-state index contributed by atoms with van der Waals surface area (Å²) in [5.41, 5.74) is 18.8. The zero-order valence-corrected chi connectivity index (χ0v) is 52.2. The molecule has 12 aromatic rings. The first-order valence-corrected chi connectivity index (χ1v) is 29.9. The summed E-state index contributed by atoms with van der Waals surface area (Å²) in [6.45, 7) is 2.11. The van der Waals surface area contributed by atoms with Gasteiger partial charge in [-0.2, -0.15) is 0 Å². The fourth-order valence-corrected chi connectivity index (χ4v) is 11.5. The van der Waals surface area contributed by atoms with Crippen LogP contribution in [0.5, 0.6) is 40.2 Å². The molecule has 0 amide bonds. The summed E-state index contributed by atoms with van der Waals surface area (Å²) in [4.78, 5) is 9.06. The van der Waals surface area contributed by atoms with Crippen molar-refractivity contribution in [1.29, 1.82) is 0 Å². The number of ether oxygens (including phenoxy) is 7. The molecule has 0 aliphatic rings. The molecular formula is C80H70N4O7. The van der Waals surface area contributed by atoms with Crippen LogP contribution < -0.4 is 52.8 Å². The Morgan fingerprint density at radius 3 is 0.538 bits per heavy atom. The molecule has 0 saturated carbocycles. The molecule has 0 saturated heterocycles. The summed E-state index contributed by atoms with van der Waals surface area (Å²) in [6.07, 6.45) is 0. The Balaban J connectivity index is 1.10. The second kappa shape index (κ2) is 27.2. The van der Waals surface area contributed by atoms with Crippen molar-refractivity contribution in [3.05, 3.63) is 285 Å². The third kappa shape index (κ3) is 12.9. The number of hydrogen-bond acceptors (Lipinski definition) is 11. The standard InChI is InChI=1S/C80H70N4O7/c1-55-9-15-58(16-10-55)81(61-21-37-70(85-2)38-22-61)59-17-11-56(12-18-59)77-51-35-68(83(64-27-43-73(88-5)44-28-64)65-29-45-74(89-6)46-30-65)53-79(77)80-54-69(84(66-31-47-75(90-7)48-32-66)67-33-49-76(91-8)50-34-67)36-52-78(80)57-13-19-60(20-14-57)82(62-23-39-71(86-3)40-24-62)63-25-41-72(87-4)42-26-63/h9-54H,1-8H3.